The Labute approximate surface area is 204 Å². The maximum absolute atomic E-state index is 11.5. The molecule has 0 heterocycles. The minimum atomic E-state index is -4.32. The Morgan fingerprint density at radius 2 is 1.00 bits per heavy atom. The van der Waals surface area contributed by atoms with Gasteiger partial charge in [0.05, 0.1) is 21.5 Å². The summed E-state index contributed by atoms with van der Waals surface area (Å²) in [4.78, 5) is 0. The van der Waals surface area contributed by atoms with Crippen molar-refractivity contribution >= 4 is 10.1 Å². The van der Waals surface area contributed by atoms with Crippen LogP contribution in [0.25, 0.3) is 0 Å². The van der Waals surface area contributed by atoms with Crippen molar-refractivity contribution in [2.24, 2.45) is 0 Å². The van der Waals surface area contributed by atoms with E-state index in [2.05, 4.69) is 13.8 Å². The standard InChI is InChI=1S/C23H48O4S.Na/c1-3-5-7-9-11-12-14-15-17-19-22(24)21-23(28(25,26)27)20-18-16-13-10-8-6-4-2;/h22-24H,3-21H2,1-2H3,(H,25,26,27);/q;+1/p-1. The van der Waals surface area contributed by atoms with E-state index in [0.29, 0.717) is 12.8 Å². The van der Waals surface area contributed by atoms with E-state index in [4.69, 9.17) is 0 Å². The van der Waals surface area contributed by atoms with Crippen molar-refractivity contribution in [3.8, 4) is 0 Å². The van der Waals surface area contributed by atoms with Crippen LogP contribution >= 0.6 is 0 Å². The van der Waals surface area contributed by atoms with E-state index in [0.717, 1.165) is 32.1 Å². The summed E-state index contributed by atoms with van der Waals surface area (Å²) in [5.74, 6) is 0. The van der Waals surface area contributed by atoms with Gasteiger partial charge in [0, 0.05) is 0 Å². The van der Waals surface area contributed by atoms with E-state index in [1.165, 1.54) is 70.6 Å². The second kappa shape index (κ2) is 22.1. The molecule has 0 aromatic carbocycles. The summed E-state index contributed by atoms with van der Waals surface area (Å²) in [6.07, 6.45) is 19.2. The van der Waals surface area contributed by atoms with Gasteiger partial charge in [-0.05, 0) is 19.3 Å². The molecule has 0 aliphatic rings. The van der Waals surface area contributed by atoms with Gasteiger partial charge in [0.1, 0.15) is 0 Å². The minimum absolute atomic E-state index is 0. The zero-order chi connectivity index (χ0) is 21.1. The predicted octanol–water partition coefficient (Wildman–Crippen LogP) is 3.72. The van der Waals surface area contributed by atoms with Gasteiger partial charge in [0.25, 0.3) is 0 Å². The van der Waals surface area contributed by atoms with Crippen LogP contribution in [0.1, 0.15) is 136 Å². The molecule has 0 fully saturated rings. The molecule has 1 N–H and O–H groups in total. The van der Waals surface area contributed by atoms with Crippen LogP contribution in [-0.4, -0.2) is 29.4 Å². The van der Waals surface area contributed by atoms with Gasteiger partial charge in [-0.1, -0.05) is 117 Å². The van der Waals surface area contributed by atoms with E-state index in [9.17, 15) is 18.1 Å². The van der Waals surface area contributed by atoms with E-state index >= 15 is 0 Å². The maximum atomic E-state index is 11.5. The Bertz CT molecular complexity index is 429. The van der Waals surface area contributed by atoms with Gasteiger partial charge >= 0.3 is 29.6 Å². The fourth-order valence-electron chi connectivity index (χ4n) is 3.82. The first-order valence-electron chi connectivity index (χ1n) is 12.0. The molecule has 6 heteroatoms. The van der Waals surface area contributed by atoms with E-state index < -0.39 is 21.5 Å². The van der Waals surface area contributed by atoms with Gasteiger partial charge in [-0.25, -0.2) is 8.42 Å². The molecule has 29 heavy (non-hydrogen) atoms. The maximum Gasteiger partial charge on any atom is 1.00 e. The van der Waals surface area contributed by atoms with Crippen molar-refractivity contribution in [3.05, 3.63) is 0 Å². The van der Waals surface area contributed by atoms with Crippen molar-refractivity contribution in [2.75, 3.05) is 0 Å². The summed E-state index contributed by atoms with van der Waals surface area (Å²) in [7, 11) is -4.32. The molecule has 0 rings (SSSR count). The summed E-state index contributed by atoms with van der Waals surface area (Å²) in [5.41, 5.74) is 0. The van der Waals surface area contributed by atoms with Crippen LogP contribution in [-0.2, 0) is 10.1 Å². The molecule has 0 radical (unpaired) electrons. The van der Waals surface area contributed by atoms with Crippen molar-refractivity contribution < 1.29 is 47.6 Å². The summed E-state index contributed by atoms with van der Waals surface area (Å²) in [6.45, 7) is 4.41. The quantitative estimate of drug-likeness (QED) is 0.167. The molecule has 2 unspecified atom stereocenters. The first-order chi connectivity index (χ1) is 13.4. The Morgan fingerprint density at radius 3 is 1.38 bits per heavy atom. The fraction of sp³-hybridized carbons (Fsp3) is 1.00. The number of aliphatic hydroxyl groups excluding tert-OH is 1. The van der Waals surface area contributed by atoms with Crippen LogP contribution in [0.4, 0.5) is 0 Å². The number of hydrogen-bond donors (Lipinski definition) is 1. The molecule has 2 atom stereocenters. The molecule has 0 aliphatic carbocycles. The van der Waals surface area contributed by atoms with Crippen LogP contribution in [0, 0.1) is 0 Å². The molecule has 0 amide bonds. The molecule has 0 saturated heterocycles. The van der Waals surface area contributed by atoms with Gasteiger partial charge < -0.3 is 9.66 Å². The normalized spacial score (nSPS) is 13.8. The summed E-state index contributed by atoms with van der Waals surface area (Å²) >= 11 is 0. The first-order valence-corrected chi connectivity index (χ1v) is 13.5. The molecular weight excluding hydrogens is 395 g/mol. The third kappa shape index (κ3) is 21.9. The zero-order valence-electron chi connectivity index (χ0n) is 19.7. The number of unbranched alkanes of at least 4 members (excludes halogenated alkanes) is 14. The molecule has 0 aromatic rings. The second-order valence-electron chi connectivity index (χ2n) is 8.53. The van der Waals surface area contributed by atoms with E-state index in [-0.39, 0.29) is 36.0 Å². The Balaban J connectivity index is 0. The molecule has 4 nitrogen and oxygen atoms in total. The molecule has 0 saturated carbocycles. The van der Waals surface area contributed by atoms with Crippen LogP contribution in [0.2, 0.25) is 0 Å². The third-order valence-electron chi connectivity index (χ3n) is 5.71. The van der Waals surface area contributed by atoms with Crippen LogP contribution < -0.4 is 29.6 Å². The SMILES string of the molecule is CCCCCCCCCCCC(O)CC(CCCCCCCCC)S(=O)(=O)[O-].[Na+]. The fourth-order valence-corrected chi connectivity index (χ4v) is 4.73. The Kier molecular flexibility index (Phi) is 24.4. The van der Waals surface area contributed by atoms with Crippen molar-refractivity contribution in [3.63, 3.8) is 0 Å². The summed E-state index contributed by atoms with van der Waals surface area (Å²) < 4.78 is 34.6. The van der Waals surface area contributed by atoms with E-state index in [1.807, 2.05) is 0 Å². The molecule has 0 spiro atoms. The van der Waals surface area contributed by atoms with Crippen molar-refractivity contribution in [1.82, 2.24) is 0 Å². The minimum Gasteiger partial charge on any atom is -0.748 e. The van der Waals surface area contributed by atoms with Crippen molar-refractivity contribution in [2.45, 2.75) is 147 Å². The largest absolute Gasteiger partial charge is 1.00 e. The third-order valence-corrected chi connectivity index (χ3v) is 6.96. The van der Waals surface area contributed by atoms with Gasteiger partial charge in [-0.2, -0.15) is 0 Å². The van der Waals surface area contributed by atoms with Gasteiger partial charge in [-0.3, -0.25) is 0 Å². The first kappa shape index (κ1) is 32.1. The number of aliphatic hydroxyl groups is 1. The van der Waals surface area contributed by atoms with Crippen LogP contribution in [0.3, 0.4) is 0 Å². The average molecular weight is 443 g/mol. The number of rotatable bonds is 21. The van der Waals surface area contributed by atoms with Gasteiger partial charge in [0.15, 0.2) is 0 Å². The van der Waals surface area contributed by atoms with Gasteiger partial charge in [0.2, 0.25) is 0 Å². The Morgan fingerprint density at radius 1 is 0.655 bits per heavy atom. The molecule has 0 aliphatic heterocycles. The topological polar surface area (TPSA) is 77.4 Å². The predicted molar refractivity (Wildman–Crippen MR) is 119 cm³/mol. The Hall–Kier alpha value is 0.870. The summed E-state index contributed by atoms with van der Waals surface area (Å²) in [6, 6.07) is 0. The second-order valence-corrected chi connectivity index (χ2v) is 10.2. The van der Waals surface area contributed by atoms with E-state index in [1.54, 1.807) is 0 Å². The molecule has 0 bridgehead atoms. The van der Waals surface area contributed by atoms with Crippen LogP contribution in [0.5, 0.6) is 0 Å². The summed E-state index contributed by atoms with van der Waals surface area (Å²) in [5, 5.41) is 9.26. The van der Waals surface area contributed by atoms with Crippen molar-refractivity contribution in [1.29, 1.82) is 0 Å². The number of hydrogen-bond acceptors (Lipinski definition) is 4. The smallest absolute Gasteiger partial charge is 0.748 e. The monoisotopic (exact) mass is 442 g/mol. The van der Waals surface area contributed by atoms with Gasteiger partial charge in [-0.15, -0.1) is 0 Å². The zero-order valence-corrected chi connectivity index (χ0v) is 22.5. The average Bonchev–Trinajstić information content (AvgIpc) is 2.64. The molecular formula is C23H47NaO4S. The molecule has 0 aromatic heterocycles. The molecule has 170 valence electrons. The van der Waals surface area contributed by atoms with Crippen LogP contribution in [0.15, 0.2) is 0 Å².